The Bertz CT molecular complexity index is 425. The average Bonchev–Trinajstić information content (AvgIpc) is 2.41. The first-order valence-corrected chi connectivity index (χ1v) is 8.57. The van der Waals surface area contributed by atoms with Crippen LogP contribution < -0.4 is 10.5 Å². The third kappa shape index (κ3) is 3.90. The van der Waals surface area contributed by atoms with E-state index in [9.17, 15) is 0 Å². The van der Waals surface area contributed by atoms with Crippen molar-refractivity contribution in [3.63, 3.8) is 0 Å². The van der Waals surface area contributed by atoms with Crippen LogP contribution >= 0.6 is 11.8 Å². The Morgan fingerprint density at radius 3 is 2.90 bits per heavy atom. The third-order valence-corrected chi connectivity index (χ3v) is 4.85. The van der Waals surface area contributed by atoms with E-state index in [1.54, 1.807) is 0 Å². The number of ether oxygens (including phenoxy) is 1. The van der Waals surface area contributed by atoms with Crippen molar-refractivity contribution in [2.45, 2.75) is 39.0 Å². The summed E-state index contributed by atoms with van der Waals surface area (Å²) in [6, 6.07) is 9.27. The predicted molar refractivity (Wildman–Crippen MR) is 87.5 cm³/mol. The average molecular weight is 294 g/mol. The predicted octanol–water partition coefficient (Wildman–Crippen LogP) is 2.91. The van der Waals surface area contributed by atoms with Crippen LogP contribution in [-0.4, -0.2) is 41.6 Å². The molecule has 1 aliphatic heterocycles. The number of thioether (sulfide) groups is 1. The third-order valence-electron chi connectivity index (χ3n) is 3.66. The molecule has 0 saturated carbocycles. The summed E-state index contributed by atoms with van der Waals surface area (Å²) in [5.41, 5.74) is 7.33. The topological polar surface area (TPSA) is 38.5 Å². The van der Waals surface area contributed by atoms with Crippen LogP contribution in [0.1, 0.15) is 32.4 Å². The highest BCUT2D eigenvalue weighted by Gasteiger charge is 2.26. The van der Waals surface area contributed by atoms with Crippen molar-refractivity contribution in [2.24, 2.45) is 5.73 Å². The second-order valence-corrected chi connectivity index (χ2v) is 6.80. The number of nitrogens with zero attached hydrogens (tertiary/aromatic N) is 1. The van der Waals surface area contributed by atoms with Gasteiger partial charge in [-0.3, -0.25) is 4.90 Å². The van der Waals surface area contributed by atoms with Crippen LogP contribution in [0.4, 0.5) is 0 Å². The summed E-state index contributed by atoms with van der Waals surface area (Å²) in [6.07, 6.45) is 0.201. The number of nitrogens with two attached hydrogens (primary N) is 1. The maximum absolute atomic E-state index is 6.06. The molecule has 0 amide bonds. The number of hydrogen-bond donors (Lipinski definition) is 1. The van der Waals surface area contributed by atoms with Gasteiger partial charge in [0.15, 0.2) is 0 Å². The van der Waals surface area contributed by atoms with Gasteiger partial charge in [-0.05, 0) is 38.5 Å². The quantitative estimate of drug-likeness (QED) is 0.906. The fourth-order valence-corrected chi connectivity index (χ4v) is 3.77. The minimum atomic E-state index is 0.201. The van der Waals surface area contributed by atoms with Crippen LogP contribution in [0.15, 0.2) is 24.3 Å². The Morgan fingerprint density at radius 2 is 2.25 bits per heavy atom. The highest BCUT2D eigenvalue weighted by Crippen LogP contribution is 2.29. The van der Waals surface area contributed by atoms with E-state index in [-0.39, 0.29) is 6.10 Å². The number of benzene rings is 1. The highest BCUT2D eigenvalue weighted by molar-refractivity contribution is 7.99. The first-order chi connectivity index (χ1) is 9.61. The van der Waals surface area contributed by atoms with Gasteiger partial charge in [0.05, 0.1) is 6.10 Å². The second kappa shape index (κ2) is 7.34. The Labute approximate surface area is 126 Å². The molecular weight excluding hydrogens is 268 g/mol. The van der Waals surface area contributed by atoms with Crippen LogP contribution in [0.2, 0.25) is 0 Å². The van der Waals surface area contributed by atoms with Gasteiger partial charge in [-0.1, -0.05) is 12.1 Å². The van der Waals surface area contributed by atoms with Gasteiger partial charge in [-0.15, -0.1) is 0 Å². The summed E-state index contributed by atoms with van der Waals surface area (Å²) in [7, 11) is 0. The van der Waals surface area contributed by atoms with E-state index in [4.69, 9.17) is 10.5 Å². The molecule has 2 N–H and O–H groups in total. The lowest BCUT2D eigenvalue weighted by molar-refractivity contribution is 0.165. The molecule has 0 aromatic heterocycles. The van der Waals surface area contributed by atoms with Gasteiger partial charge in [-0.2, -0.15) is 11.8 Å². The van der Waals surface area contributed by atoms with Gasteiger partial charge < -0.3 is 10.5 Å². The Balaban J connectivity index is 2.18. The van der Waals surface area contributed by atoms with Crippen molar-refractivity contribution in [3.8, 4) is 5.75 Å². The normalized spacial score (nSPS) is 21.9. The molecule has 1 aromatic rings. The smallest absolute Gasteiger partial charge is 0.120 e. The maximum atomic E-state index is 6.06. The highest BCUT2D eigenvalue weighted by atomic mass is 32.2. The summed E-state index contributed by atoms with van der Waals surface area (Å²) in [6.45, 7) is 8.17. The molecule has 0 aliphatic carbocycles. The molecule has 1 aromatic carbocycles. The Hall–Kier alpha value is -0.710. The minimum absolute atomic E-state index is 0.201. The molecular formula is C16H26N2OS. The molecule has 1 fully saturated rings. The maximum Gasteiger partial charge on any atom is 0.120 e. The van der Waals surface area contributed by atoms with E-state index < -0.39 is 0 Å². The fraction of sp³-hybridized carbons (Fsp3) is 0.625. The van der Waals surface area contributed by atoms with Crippen molar-refractivity contribution in [3.05, 3.63) is 29.8 Å². The molecule has 2 atom stereocenters. The molecule has 1 aliphatic rings. The zero-order valence-corrected chi connectivity index (χ0v) is 13.5. The van der Waals surface area contributed by atoms with E-state index in [0.29, 0.717) is 18.6 Å². The first kappa shape index (κ1) is 15.7. The van der Waals surface area contributed by atoms with Crippen molar-refractivity contribution in [1.29, 1.82) is 0 Å². The zero-order valence-electron chi connectivity index (χ0n) is 12.7. The van der Waals surface area contributed by atoms with E-state index >= 15 is 0 Å². The molecule has 3 nitrogen and oxygen atoms in total. The monoisotopic (exact) mass is 294 g/mol. The van der Waals surface area contributed by atoms with Crippen molar-refractivity contribution >= 4 is 11.8 Å². The van der Waals surface area contributed by atoms with Crippen LogP contribution in [-0.2, 0) is 0 Å². The van der Waals surface area contributed by atoms with E-state index in [1.165, 1.54) is 17.1 Å². The Morgan fingerprint density at radius 1 is 1.45 bits per heavy atom. The van der Waals surface area contributed by atoms with Gasteiger partial charge in [0.25, 0.3) is 0 Å². The molecule has 0 bridgehead atoms. The lowest BCUT2D eigenvalue weighted by atomic mass is 10.0. The first-order valence-electron chi connectivity index (χ1n) is 7.42. The van der Waals surface area contributed by atoms with E-state index in [2.05, 4.69) is 43.9 Å². The molecule has 4 heteroatoms. The summed E-state index contributed by atoms with van der Waals surface area (Å²) in [5, 5.41) is 0. The van der Waals surface area contributed by atoms with E-state index in [0.717, 1.165) is 12.3 Å². The SMILES string of the molecule is CC(C)Oc1cccc(C(CN)N2CCSCC2C)c1. The van der Waals surface area contributed by atoms with E-state index in [1.807, 2.05) is 17.8 Å². The second-order valence-electron chi connectivity index (χ2n) is 5.65. The van der Waals surface area contributed by atoms with Crippen molar-refractivity contribution < 1.29 is 4.74 Å². The molecule has 1 heterocycles. The van der Waals surface area contributed by atoms with Crippen molar-refractivity contribution in [2.75, 3.05) is 24.6 Å². The summed E-state index contributed by atoms with van der Waals surface area (Å²) in [5.74, 6) is 3.33. The van der Waals surface area contributed by atoms with Crippen LogP contribution in [0.25, 0.3) is 0 Å². The summed E-state index contributed by atoms with van der Waals surface area (Å²) < 4.78 is 5.80. The fourth-order valence-electron chi connectivity index (χ4n) is 2.73. The molecule has 112 valence electrons. The van der Waals surface area contributed by atoms with Gasteiger partial charge in [0.2, 0.25) is 0 Å². The Kier molecular flexibility index (Phi) is 5.75. The zero-order chi connectivity index (χ0) is 14.5. The standard InChI is InChI=1S/C16H26N2OS/c1-12(2)19-15-6-4-5-14(9-15)16(10-17)18-7-8-20-11-13(18)3/h4-6,9,12-13,16H,7-8,10-11,17H2,1-3H3. The summed E-state index contributed by atoms with van der Waals surface area (Å²) >= 11 is 2.03. The number of rotatable bonds is 5. The number of hydrogen-bond acceptors (Lipinski definition) is 4. The van der Waals surface area contributed by atoms with Crippen LogP contribution in [0.3, 0.4) is 0 Å². The lowest BCUT2D eigenvalue weighted by Gasteiger charge is -2.39. The van der Waals surface area contributed by atoms with Gasteiger partial charge in [0.1, 0.15) is 5.75 Å². The molecule has 0 spiro atoms. The van der Waals surface area contributed by atoms with Crippen molar-refractivity contribution in [1.82, 2.24) is 4.90 Å². The largest absolute Gasteiger partial charge is 0.491 e. The van der Waals surface area contributed by atoms with Gasteiger partial charge in [-0.25, -0.2) is 0 Å². The molecule has 0 radical (unpaired) electrons. The summed E-state index contributed by atoms with van der Waals surface area (Å²) in [4.78, 5) is 2.53. The van der Waals surface area contributed by atoms with Crippen LogP contribution in [0.5, 0.6) is 5.75 Å². The molecule has 1 saturated heterocycles. The van der Waals surface area contributed by atoms with Gasteiger partial charge >= 0.3 is 0 Å². The molecule has 2 unspecified atom stereocenters. The molecule has 20 heavy (non-hydrogen) atoms. The molecule has 2 rings (SSSR count). The minimum Gasteiger partial charge on any atom is -0.491 e. The lowest BCUT2D eigenvalue weighted by Crippen LogP contribution is -2.45. The van der Waals surface area contributed by atoms with Crippen LogP contribution in [0, 0.1) is 0 Å². The van der Waals surface area contributed by atoms with Gasteiger partial charge in [0, 0.05) is 36.7 Å².